The molecule has 19 heavy (non-hydrogen) atoms. The van der Waals surface area contributed by atoms with Crippen LogP contribution in [0.25, 0.3) is 0 Å². The highest BCUT2D eigenvalue weighted by Gasteiger charge is 2.21. The summed E-state index contributed by atoms with van der Waals surface area (Å²) < 4.78 is 11.8. The van der Waals surface area contributed by atoms with Crippen molar-refractivity contribution in [3.8, 4) is 5.75 Å². The van der Waals surface area contributed by atoms with Gasteiger partial charge in [0.05, 0.1) is 7.11 Å². The fourth-order valence-electron chi connectivity index (χ4n) is 2.15. The van der Waals surface area contributed by atoms with E-state index in [4.69, 9.17) is 9.15 Å². The highest BCUT2D eigenvalue weighted by molar-refractivity contribution is 9.10. The third-order valence-corrected chi connectivity index (χ3v) is 4.03. The smallest absolute Gasteiger partial charge is 0.125 e. The molecule has 0 aliphatic rings. The molecule has 0 amide bonds. The van der Waals surface area contributed by atoms with Gasteiger partial charge in [-0.05, 0) is 44.5 Å². The molecule has 3 nitrogen and oxygen atoms in total. The zero-order valence-electron chi connectivity index (χ0n) is 11.5. The number of benzene rings is 1. The number of ether oxygens (including phenoxy) is 1. The SMILES string of the molecule is COc1cc(C)c(Br)cc1C(O)c1cc(C)oc1C. The number of furan rings is 1. The van der Waals surface area contributed by atoms with Crippen LogP contribution in [0, 0.1) is 20.8 Å². The number of hydrogen-bond acceptors (Lipinski definition) is 3. The molecule has 2 rings (SSSR count). The van der Waals surface area contributed by atoms with Crippen molar-refractivity contribution >= 4 is 15.9 Å². The lowest BCUT2D eigenvalue weighted by Crippen LogP contribution is -2.03. The number of rotatable bonds is 3. The van der Waals surface area contributed by atoms with Gasteiger partial charge in [-0.15, -0.1) is 0 Å². The summed E-state index contributed by atoms with van der Waals surface area (Å²) in [4.78, 5) is 0. The molecule has 1 unspecified atom stereocenters. The first-order chi connectivity index (χ1) is 8.93. The molecule has 0 bridgehead atoms. The summed E-state index contributed by atoms with van der Waals surface area (Å²) >= 11 is 3.48. The van der Waals surface area contributed by atoms with Crippen LogP contribution in [0.4, 0.5) is 0 Å². The summed E-state index contributed by atoms with van der Waals surface area (Å²) in [6.07, 6.45) is -0.760. The van der Waals surface area contributed by atoms with E-state index in [1.54, 1.807) is 7.11 Å². The Kier molecular flexibility index (Phi) is 4.02. The van der Waals surface area contributed by atoms with Gasteiger partial charge in [0, 0.05) is 15.6 Å². The van der Waals surface area contributed by atoms with E-state index in [1.807, 2.05) is 39.0 Å². The maximum absolute atomic E-state index is 10.6. The molecule has 2 aromatic rings. The molecule has 0 aliphatic carbocycles. The number of aryl methyl sites for hydroxylation is 3. The minimum Gasteiger partial charge on any atom is -0.496 e. The van der Waals surface area contributed by atoms with Crippen molar-refractivity contribution in [1.82, 2.24) is 0 Å². The first-order valence-corrected chi connectivity index (χ1v) is 6.82. The van der Waals surface area contributed by atoms with Crippen LogP contribution in [-0.4, -0.2) is 12.2 Å². The van der Waals surface area contributed by atoms with Crippen LogP contribution in [0.2, 0.25) is 0 Å². The van der Waals surface area contributed by atoms with Crippen molar-refractivity contribution in [2.45, 2.75) is 26.9 Å². The molecule has 0 radical (unpaired) electrons. The molecule has 0 aliphatic heterocycles. The van der Waals surface area contributed by atoms with E-state index in [-0.39, 0.29) is 0 Å². The van der Waals surface area contributed by atoms with Crippen molar-refractivity contribution in [3.63, 3.8) is 0 Å². The minimum absolute atomic E-state index is 0.673. The Morgan fingerprint density at radius 3 is 2.37 bits per heavy atom. The molecule has 0 saturated heterocycles. The Bertz CT molecular complexity index is 602. The third kappa shape index (κ3) is 2.69. The summed E-state index contributed by atoms with van der Waals surface area (Å²) in [6, 6.07) is 5.65. The number of aliphatic hydroxyl groups excluding tert-OH is 1. The van der Waals surface area contributed by atoms with E-state index >= 15 is 0 Å². The molecule has 0 spiro atoms. The molecule has 0 fully saturated rings. The third-order valence-electron chi connectivity index (χ3n) is 3.18. The zero-order chi connectivity index (χ0) is 14.2. The normalized spacial score (nSPS) is 12.5. The summed E-state index contributed by atoms with van der Waals surface area (Å²) in [5, 5.41) is 10.6. The Labute approximate surface area is 121 Å². The Morgan fingerprint density at radius 1 is 1.16 bits per heavy atom. The van der Waals surface area contributed by atoms with Crippen LogP contribution in [-0.2, 0) is 0 Å². The lowest BCUT2D eigenvalue weighted by Gasteiger charge is -2.16. The van der Waals surface area contributed by atoms with Gasteiger partial charge < -0.3 is 14.3 Å². The maximum Gasteiger partial charge on any atom is 0.125 e. The van der Waals surface area contributed by atoms with E-state index in [9.17, 15) is 5.11 Å². The fourth-order valence-corrected chi connectivity index (χ4v) is 2.51. The van der Waals surface area contributed by atoms with Crippen molar-refractivity contribution in [1.29, 1.82) is 0 Å². The molecule has 4 heteroatoms. The second kappa shape index (κ2) is 5.39. The molecule has 0 saturated carbocycles. The lowest BCUT2D eigenvalue weighted by molar-refractivity contribution is 0.212. The number of methoxy groups -OCH3 is 1. The molecule has 1 heterocycles. The first kappa shape index (κ1) is 14.2. The van der Waals surface area contributed by atoms with Gasteiger partial charge in [0.25, 0.3) is 0 Å². The highest BCUT2D eigenvalue weighted by atomic mass is 79.9. The monoisotopic (exact) mass is 324 g/mol. The van der Waals surface area contributed by atoms with E-state index < -0.39 is 6.10 Å². The van der Waals surface area contributed by atoms with Gasteiger partial charge in [0.1, 0.15) is 23.4 Å². The topological polar surface area (TPSA) is 42.6 Å². The van der Waals surface area contributed by atoms with E-state index in [0.29, 0.717) is 5.75 Å². The predicted octanol–water partition coefficient (Wildman–Crippen LogP) is 4.06. The van der Waals surface area contributed by atoms with Crippen LogP contribution in [0.5, 0.6) is 5.75 Å². The van der Waals surface area contributed by atoms with Gasteiger partial charge in [0.2, 0.25) is 0 Å². The number of halogens is 1. The Balaban J connectivity index is 2.52. The molecule has 1 aromatic carbocycles. The summed E-state index contributed by atoms with van der Waals surface area (Å²) in [7, 11) is 1.60. The minimum atomic E-state index is -0.760. The zero-order valence-corrected chi connectivity index (χ0v) is 13.0. The van der Waals surface area contributed by atoms with Crippen molar-refractivity contribution in [3.05, 3.63) is 50.9 Å². The second-order valence-corrected chi connectivity index (χ2v) is 5.47. The maximum atomic E-state index is 10.6. The van der Waals surface area contributed by atoms with Crippen molar-refractivity contribution in [2.24, 2.45) is 0 Å². The van der Waals surface area contributed by atoms with Crippen LogP contribution < -0.4 is 4.74 Å². The summed E-state index contributed by atoms with van der Waals surface area (Å²) in [6.45, 7) is 5.70. The molecule has 102 valence electrons. The van der Waals surface area contributed by atoms with E-state index in [1.165, 1.54) is 0 Å². The van der Waals surface area contributed by atoms with Gasteiger partial charge in [-0.3, -0.25) is 0 Å². The van der Waals surface area contributed by atoms with E-state index in [0.717, 1.165) is 32.7 Å². The average molecular weight is 325 g/mol. The van der Waals surface area contributed by atoms with Crippen LogP contribution >= 0.6 is 15.9 Å². The van der Waals surface area contributed by atoms with E-state index in [2.05, 4.69) is 15.9 Å². The Morgan fingerprint density at radius 2 is 1.84 bits per heavy atom. The number of hydrogen-bond donors (Lipinski definition) is 1. The molecule has 1 atom stereocenters. The lowest BCUT2D eigenvalue weighted by atomic mass is 9.99. The quantitative estimate of drug-likeness (QED) is 0.925. The summed E-state index contributed by atoms with van der Waals surface area (Å²) in [5.74, 6) is 2.19. The highest BCUT2D eigenvalue weighted by Crippen LogP contribution is 2.36. The fraction of sp³-hybridized carbons (Fsp3) is 0.333. The van der Waals surface area contributed by atoms with Gasteiger partial charge >= 0.3 is 0 Å². The van der Waals surface area contributed by atoms with Gasteiger partial charge in [0.15, 0.2) is 0 Å². The standard InChI is InChI=1S/C15H17BrO3/c1-8-5-14(18-4)12(7-13(8)16)15(17)11-6-9(2)19-10(11)3/h5-7,15,17H,1-4H3. The molecule has 1 aromatic heterocycles. The number of aliphatic hydroxyl groups is 1. The molecular weight excluding hydrogens is 308 g/mol. The summed E-state index contributed by atoms with van der Waals surface area (Å²) in [5.41, 5.74) is 2.56. The first-order valence-electron chi connectivity index (χ1n) is 6.03. The largest absolute Gasteiger partial charge is 0.496 e. The van der Waals surface area contributed by atoms with Gasteiger partial charge in [-0.2, -0.15) is 0 Å². The van der Waals surface area contributed by atoms with Gasteiger partial charge in [-0.25, -0.2) is 0 Å². The van der Waals surface area contributed by atoms with Gasteiger partial charge in [-0.1, -0.05) is 15.9 Å². The second-order valence-electron chi connectivity index (χ2n) is 4.61. The van der Waals surface area contributed by atoms with Crippen molar-refractivity contribution < 1.29 is 14.3 Å². The molecular formula is C15H17BrO3. The average Bonchev–Trinajstić information content (AvgIpc) is 2.70. The van der Waals surface area contributed by atoms with Crippen LogP contribution in [0.15, 0.2) is 27.1 Å². The Hall–Kier alpha value is -1.26. The predicted molar refractivity (Wildman–Crippen MR) is 77.7 cm³/mol. The van der Waals surface area contributed by atoms with Crippen LogP contribution in [0.1, 0.15) is 34.3 Å². The van der Waals surface area contributed by atoms with Crippen LogP contribution in [0.3, 0.4) is 0 Å². The molecule has 1 N–H and O–H groups in total. The van der Waals surface area contributed by atoms with Crippen molar-refractivity contribution in [2.75, 3.05) is 7.11 Å².